The van der Waals surface area contributed by atoms with Crippen molar-refractivity contribution in [2.24, 2.45) is 0 Å². The largest absolute Gasteiger partial charge is 0.394 e. The molecule has 0 spiro atoms. The van der Waals surface area contributed by atoms with Gasteiger partial charge in [0.15, 0.2) is 0 Å². The molecule has 2 rings (SSSR count). The van der Waals surface area contributed by atoms with Crippen LogP contribution in [0.25, 0.3) is 0 Å². The number of aliphatic hydroxyl groups is 4. The molecule has 0 bridgehead atoms. The fraction of sp³-hybridized carbons (Fsp3) is 0.889. The molecule has 0 aliphatic rings. The van der Waals surface area contributed by atoms with E-state index in [4.69, 9.17) is 9.47 Å². The number of aromatic nitrogens is 6. The molecule has 12 heteroatoms. The molecular weight excluding hydrogens is 612 g/mol. The molecule has 0 fully saturated rings. The predicted molar refractivity (Wildman–Crippen MR) is 187 cm³/mol. The lowest BCUT2D eigenvalue weighted by atomic mass is 10.0. The van der Waals surface area contributed by atoms with E-state index in [1.807, 2.05) is 0 Å². The lowest BCUT2D eigenvalue weighted by Crippen LogP contribution is -2.50. The third-order valence-electron chi connectivity index (χ3n) is 8.96. The summed E-state index contributed by atoms with van der Waals surface area (Å²) in [4.78, 5) is 0. The van der Waals surface area contributed by atoms with Gasteiger partial charge in [0.1, 0.15) is 35.8 Å². The van der Waals surface area contributed by atoms with E-state index in [1.165, 1.54) is 103 Å². The number of aryl methyl sites for hydroxylation is 2. The Labute approximate surface area is 289 Å². The molecule has 0 unspecified atom stereocenters. The monoisotopic (exact) mass is 681 g/mol. The molecule has 0 aliphatic heterocycles. The average Bonchev–Trinajstić information content (AvgIpc) is 3.76. The van der Waals surface area contributed by atoms with Gasteiger partial charge in [-0.15, -0.1) is 10.2 Å². The van der Waals surface area contributed by atoms with Crippen LogP contribution in [0.15, 0.2) is 12.4 Å². The smallest absolute Gasteiger partial charge is 0.115 e. The molecule has 4 N–H and O–H groups in total. The first-order chi connectivity index (χ1) is 23.5. The third kappa shape index (κ3) is 18.7. The SMILES string of the molecule is CCCCCCCCCCCCn1cc(CO[C@@H]([C@H](OCc2cn(CCCCCCCCCCCC)nn2)[C@H](O)CO)[C@H](O)CO)nn1. The summed E-state index contributed by atoms with van der Waals surface area (Å²) < 4.78 is 15.4. The lowest BCUT2D eigenvalue weighted by molar-refractivity contribution is -0.178. The Morgan fingerprint density at radius 2 is 0.833 bits per heavy atom. The van der Waals surface area contributed by atoms with E-state index in [1.54, 1.807) is 21.8 Å². The number of ether oxygens (including phenoxy) is 2. The highest BCUT2D eigenvalue weighted by Gasteiger charge is 2.35. The minimum atomic E-state index is -1.36. The van der Waals surface area contributed by atoms with Gasteiger partial charge in [-0.25, -0.2) is 0 Å². The number of rotatable bonds is 33. The van der Waals surface area contributed by atoms with E-state index in [9.17, 15) is 20.4 Å². The Kier molecular flexibility index (Phi) is 24.5. The Balaban J connectivity index is 1.74. The zero-order chi connectivity index (χ0) is 34.7. The van der Waals surface area contributed by atoms with Crippen LogP contribution in [0, 0.1) is 0 Å². The fourth-order valence-corrected chi connectivity index (χ4v) is 5.97. The Bertz CT molecular complexity index is 929. The van der Waals surface area contributed by atoms with Crippen LogP contribution in [0.5, 0.6) is 0 Å². The molecule has 4 atom stereocenters. The maximum atomic E-state index is 10.6. The minimum absolute atomic E-state index is 0.00714. The van der Waals surface area contributed by atoms with Gasteiger partial charge in [0.25, 0.3) is 0 Å². The van der Waals surface area contributed by atoms with E-state index in [-0.39, 0.29) is 13.2 Å². The van der Waals surface area contributed by atoms with Crippen molar-refractivity contribution < 1.29 is 29.9 Å². The second-order valence-corrected chi connectivity index (χ2v) is 13.4. The van der Waals surface area contributed by atoms with E-state index in [2.05, 4.69) is 34.5 Å². The maximum absolute atomic E-state index is 10.6. The van der Waals surface area contributed by atoms with Crippen molar-refractivity contribution >= 4 is 0 Å². The van der Waals surface area contributed by atoms with Gasteiger partial charge in [-0.05, 0) is 12.8 Å². The predicted octanol–water partition coefficient (Wildman–Crippen LogP) is 5.89. The van der Waals surface area contributed by atoms with Gasteiger partial charge in [0.2, 0.25) is 0 Å². The number of unbranched alkanes of at least 4 members (excludes halogenated alkanes) is 18. The van der Waals surface area contributed by atoms with Crippen LogP contribution < -0.4 is 0 Å². The number of aliphatic hydroxyl groups excluding tert-OH is 4. The molecule has 0 saturated carbocycles. The summed E-state index contributed by atoms with van der Waals surface area (Å²) >= 11 is 0. The quantitative estimate of drug-likeness (QED) is 0.0670. The van der Waals surface area contributed by atoms with E-state index < -0.39 is 37.6 Å². The molecular formula is C36H68N6O6. The minimum Gasteiger partial charge on any atom is -0.394 e. The molecule has 2 aromatic heterocycles. The van der Waals surface area contributed by atoms with Crippen molar-refractivity contribution in [1.29, 1.82) is 0 Å². The van der Waals surface area contributed by atoms with Crippen LogP contribution in [0.4, 0.5) is 0 Å². The summed E-state index contributed by atoms with van der Waals surface area (Å²) in [6, 6.07) is 0. The Morgan fingerprint density at radius 3 is 1.15 bits per heavy atom. The number of nitrogens with zero attached hydrogens (tertiary/aromatic N) is 6. The van der Waals surface area contributed by atoms with Gasteiger partial charge in [0.05, 0.1) is 38.8 Å². The van der Waals surface area contributed by atoms with Gasteiger partial charge in [-0.3, -0.25) is 9.36 Å². The summed E-state index contributed by atoms with van der Waals surface area (Å²) in [6.45, 7) is 4.79. The molecule has 48 heavy (non-hydrogen) atoms. The van der Waals surface area contributed by atoms with Gasteiger partial charge in [0, 0.05) is 13.1 Å². The number of hydrogen-bond donors (Lipinski definition) is 4. The van der Waals surface area contributed by atoms with E-state index in [0.29, 0.717) is 11.4 Å². The average molecular weight is 681 g/mol. The standard InChI is InChI=1S/C36H68N6O6/c1-3-5-7-9-11-13-15-17-19-21-23-41-25-31(37-39-41)29-47-35(33(45)27-43)36(34(46)28-44)48-30-32-26-42(40-38-32)24-22-20-18-16-14-12-10-8-6-4-2/h25-26,33-36,43-46H,3-24,27-30H2,1-2H3/t33-,34-,35-,36-/m1/s1. The second kappa shape index (κ2) is 27.8. The van der Waals surface area contributed by atoms with E-state index >= 15 is 0 Å². The first-order valence-corrected chi connectivity index (χ1v) is 19.1. The Hall–Kier alpha value is -1.96. The topological polar surface area (TPSA) is 161 Å². The van der Waals surface area contributed by atoms with E-state index in [0.717, 1.165) is 38.8 Å². The van der Waals surface area contributed by atoms with Crippen molar-refractivity contribution in [1.82, 2.24) is 30.0 Å². The highest BCUT2D eigenvalue weighted by Crippen LogP contribution is 2.18. The van der Waals surface area contributed by atoms with Crippen molar-refractivity contribution in [3.05, 3.63) is 23.8 Å². The van der Waals surface area contributed by atoms with Crippen LogP contribution in [0.1, 0.15) is 154 Å². The molecule has 0 saturated heterocycles. The van der Waals surface area contributed by atoms with Crippen molar-refractivity contribution in [3.63, 3.8) is 0 Å². The molecule has 0 radical (unpaired) electrons. The van der Waals surface area contributed by atoms with Gasteiger partial charge < -0.3 is 29.9 Å². The molecule has 0 amide bonds. The van der Waals surface area contributed by atoms with Gasteiger partial charge in [-0.2, -0.15) is 0 Å². The molecule has 0 aromatic carbocycles. The molecule has 0 aliphatic carbocycles. The summed E-state index contributed by atoms with van der Waals surface area (Å²) in [5.41, 5.74) is 1.12. The van der Waals surface area contributed by atoms with Crippen LogP contribution in [0.3, 0.4) is 0 Å². The highest BCUT2D eigenvalue weighted by molar-refractivity contribution is 4.93. The molecule has 2 aromatic rings. The normalized spacial score (nSPS) is 14.4. The lowest BCUT2D eigenvalue weighted by Gasteiger charge is -2.32. The summed E-state index contributed by atoms with van der Waals surface area (Å²) in [5.74, 6) is 0. The zero-order valence-electron chi connectivity index (χ0n) is 30.1. The van der Waals surface area contributed by atoms with Crippen LogP contribution in [0.2, 0.25) is 0 Å². The highest BCUT2D eigenvalue weighted by atomic mass is 16.6. The first-order valence-electron chi connectivity index (χ1n) is 19.1. The molecule has 278 valence electrons. The van der Waals surface area contributed by atoms with Gasteiger partial charge in [-0.1, -0.05) is 140 Å². The molecule has 2 heterocycles. The maximum Gasteiger partial charge on any atom is 0.115 e. The number of hydrogen-bond acceptors (Lipinski definition) is 10. The van der Waals surface area contributed by atoms with Gasteiger partial charge >= 0.3 is 0 Å². The summed E-state index contributed by atoms with van der Waals surface area (Å²) in [7, 11) is 0. The van der Waals surface area contributed by atoms with Crippen LogP contribution in [-0.4, -0.2) is 88.0 Å². The molecule has 12 nitrogen and oxygen atoms in total. The Morgan fingerprint density at radius 1 is 0.521 bits per heavy atom. The van der Waals surface area contributed by atoms with Crippen LogP contribution in [-0.2, 0) is 35.8 Å². The summed E-state index contributed by atoms with van der Waals surface area (Å²) in [6.07, 6.45) is 23.9. The zero-order valence-corrected chi connectivity index (χ0v) is 30.1. The first kappa shape index (κ1) is 42.2. The van der Waals surface area contributed by atoms with Crippen molar-refractivity contribution in [2.75, 3.05) is 13.2 Å². The third-order valence-corrected chi connectivity index (χ3v) is 8.96. The van der Waals surface area contributed by atoms with Crippen molar-refractivity contribution in [2.45, 2.75) is 193 Å². The summed E-state index contributed by atoms with van der Waals surface area (Å²) in [5, 5.41) is 57.4. The second-order valence-electron chi connectivity index (χ2n) is 13.4. The van der Waals surface area contributed by atoms with Crippen molar-refractivity contribution in [3.8, 4) is 0 Å². The fourth-order valence-electron chi connectivity index (χ4n) is 5.97. The van der Waals surface area contributed by atoms with Crippen LogP contribution >= 0.6 is 0 Å².